The predicted octanol–water partition coefficient (Wildman–Crippen LogP) is 4.40. The first-order valence-electron chi connectivity index (χ1n) is 7.30. The molecule has 2 rings (SSSR count). The van der Waals surface area contributed by atoms with Gasteiger partial charge in [0.1, 0.15) is 0 Å². The molecule has 0 bridgehead atoms. The van der Waals surface area contributed by atoms with Crippen LogP contribution >= 0.6 is 0 Å². The third kappa shape index (κ3) is 3.69. The summed E-state index contributed by atoms with van der Waals surface area (Å²) < 4.78 is 27.7. The number of hydrogen-bond acceptors (Lipinski definition) is 2. The molecule has 0 saturated carbocycles. The number of nitrogens with one attached hydrogen (secondary N) is 1. The third-order valence-electron chi connectivity index (χ3n) is 3.64. The summed E-state index contributed by atoms with van der Waals surface area (Å²) in [6.07, 6.45) is 0. The number of hydrogen-bond donors (Lipinski definition) is 1. The molecule has 0 radical (unpaired) electrons. The van der Waals surface area contributed by atoms with Gasteiger partial charge in [-0.25, -0.2) is 8.42 Å². The van der Waals surface area contributed by atoms with Gasteiger partial charge in [-0.15, -0.1) is 0 Å². The van der Waals surface area contributed by atoms with E-state index in [1.165, 1.54) is 5.56 Å². The van der Waals surface area contributed by atoms with Crippen LogP contribution < -0.4 is 4.72 Å². The van der Waals surface area contributed by atoms with Gasteiger partial charge in [-0.05, 0) is 54.2 Å². The predicted molar refractivity (Wildman–Crippen MR) is 91.9 cm³/mol. The van der Waals surface area contributed by atoms with Crippen molar-refractivity contribution in [3.05, 3.63) is 59.2 Å². The van der Waals surface area contributed by atoms with Crippen LogP contribution in [0.3, 0.4) is 0 Å². The van der Waals surface area contributed by atoms with Gasteiger partial charge in [0.05, 0.1) is 4.90 Å². The van der Waals surface area contributed by atoms with E-state index in [9.17, 15) is 8.42 Å². The van der Waals surface area contributed by atoms with E-state index in [1.807, 2.05) is 43.3 Å². The van der Waals surface area contributed by atoms with Gasteiger partial charge in [-0.1, -0.05) is 45.0 Å². The molecule has 2 aromatic carbocycles. The van der Waals surface area contributed by atoms with Crippen LogP contribution in [0, 0.1) is 13.8 Å². The molecule has 0 unspecified atom stereocenters. The summed E-state index contributed by atoms with van der Waals surface area (Å²) in [5, 5.41) is 0. The van der Waals surface area contributed by atoms with Gasteiger partial charge >= 0.3 is 0 Å². The summed E-state index contributed by atoms with van der Waals surface area (Å²) in [6, 6.07) is 13.0. The molecular weight excluding hydrogens is 294 g/mol. The summed E-state index contributed by atoms with van der Waals surface area (Å²) in [5.74, 6) is 0. The summed E-state index contributed by atoms with van der Waals surface area (Å²) in [6.45, 7) is 10.1. The smallest absolute Gasteiger partial charge is 0.262 e. The van der Waals surface area contributed by atoms with Crippen molar-refractivity contribution in [2.75, 3.05) is 4.72 Å². The maximum atomic E-state index is 12.5. The van der Waals surface area contributed by atoms with Crippen LogP contribution in [0.15, 0.2) is 47.4 Å². The molecule has 0 fully saturated rings. The minimum absolute atomic E-state index is 0.0462. The first kappa shape index (κ1) is 16.6. The highest BCUT2D eigenvalue weighted by molar-refractivity contribution is 7.92. The van der Waals surface area contributed by atoms with Crippen LogP contribution in [0.5, 0.6) is 0 Å². The second-order valence-electron chi connectivity index (χ2n) is 6.70. The molecule has 22 heavy (non-hydrogen) atoms. The highest BCUT2D eigenvalue weighted by Gasteiger charge is 2.18. The summed E-state index contributed by atoms with van der Waals surface area (Å²) >= 11 is 0. The maximum Gasteiger partial charge on any atom is 0.262 e. The second-order valence-corrected chi connectivity index (χ2v) is 8.35. The lowest BCUT2D eigenvalue weighted by Crippen LogP contribution is -2.15. The van der Waals surface area contributed by atoms with E-state index in [1.54, 1.807) is 13.0 Å². The minimum atomic E-state index is -3.56. The Labute approximate surface area is 133 Å². The minimum Gasteiger partial charge on any atom is -0.280 e. The van der Waals surface area contributed by atoms with E-state index >= 15 is 0 Å². The molecule has 1 N–H and O–H groups in total. The van der Waals surface area contributed by atoms with Crippen molar-refractivity contribution in [3.63, 3.8) is 0 Å². The molecule has 118 valence electrons. The summed E-state index contributed by atoms with van der Waals surface area (Å²) in [7, 11) is -3.56. The van der Waals surface area contributed by atoms with Crippen molar-refractivity contribution in [1.29, 1.82) is 0 Å². The Morgan fingerprint density at radius 1 is 0.909 bits per heavy atom. The van der Waals surface area contributed by atoms with E-state index in [2.05, 4.69) is 25.5 Å². The molecule has 0 aromatic heterocycles. The van der Waals surface area contributed by atoms with Crippen LogP contribution in [0.1, 0.15) is 37.5 Å². The number of sulfonamides is 1. The van der Waals surface area contributed by atoms with Crippen molar-refractivity contribution in [2.24, 2.45) is 0 Å². The first-order chi connectivity index (χ1) is 10.1. The molecular formula is C18H23NO2S. The Hall–Kier alpha value is -1.81. The first-order valence-corrected chi connectivity index (χ1v) is 8.78. The normalized spacial score (nSPS) is 12.2. The zero-order valence-corrected chi connectivity index (χ0v) is 14.6. The van der Waals surface area contributed by atoms with E-state index in [0.29, 0.717) is 10.6 Å². The second kappa shape index (κ2) is 5.76. The Balaban J connectivity index is 2.31. The third-order valence-corrected chi connectivity index (χ3v) is 5.16. The van der Waals surface area contributed by atoms with Crippen molar-refractivity contribution in [3.8, 4) is 0 Å². The quantitative estimate of drug-likeness (QED) is 0.912. The van der Waals surface area contributed by atoms with Crippen LogP contribution in [0.2, 0.25) is 0 Å². The van der Waals surface area contributed by atoms with Gasteiger partial charge in [-0.2, -0.15) is 0 Å². The molecule has 0 atom stereocenters. The summed E-state index contributed by atoms with van der Waals surface area (Å²) in [4.78, 5) is 0.326. The molecule has 3 nitrogen and oxygen atoms in total. The van der Waals surface area contributed by atoms with Gasteiger partial charge in [0.25, 0.3) is 10.0 Å². The van der Waals surface area contributed by atoms with Gasteiger partial charge in [0.15, 0.2) is 0 Å². The highest BCUT2D eigenvalue weighted by Crippen LogP contribution is 2.25. The molecule has 4 heteroatoms. The van der Waals surface area contributed by atoms with Crippen LogP contribution in [0.4, 0.5) is 5.69 Å². The zero-order valence-electron chi connectivity index (χ0n) is 13.8. The molecule has 0 aliphatic rings. The van der Waals surface area contributed by atoms with Crippen LogP contribution in [-0.2, 0) is 15.4 Å². The molecule has 0 heterocycles. The van der Waals surface area contributed by atoms with E-state index in [0.717, 1.165) is 11.1 Å². The molecule has 0 aliphatic heterocycles. The van der Waals surface area contributed by atoms with Crippen molar-refractivity contribution in [1.82, 2.24) is 0 Å². The standard InChI is InChI=1S/C18H23NO2S/c1-13-6-7-14(2)17(12-13)22(20,21)19-16-10-8-15(9-11-16)18(3,4)5/h6-12,19H,1-5H3. The SMILES string of the molecule is Cc1ccc(C)c(S(=O)(=O)Nc2ccc(C(C)(C)C)cc2)c1. The summed E-state index contributed by atoms with van der Waals surface area (Å²) in [5.41, 5.74) is 3.46. The number of benzene rings is 2. The molecule has 0 saturated heterocycles. The average Bonchev–Trinajstić information content (AvgIpc) is 2.40. The monoisotopic (exact) mass is 317 g/mol. The van der Waals surface area contributed by atoms with Gasteiger partial charge in [0, 0.05) is 5.69 Å². The van der Waals surface area contributed by atoms with E-state index in [-0.39, 0.29) is 5.41 Å². The number of rotatable bonds is 3. The molecule has 2 aromatic rings. The van der Waals surface area contributed by atoms with Crippen LogP contribution in [0.25, 0.3) is 0 Å². The molecule has 0 aliphatic carbocycles. The maximum absolute atomic E-state index is 12.5. The Bertz CT molecular complexity index is 770. The van der Waals surface area contributed by atoms with Gasteiger partial charge in [0.2, 0.25) is 0 Å². The Morgan fingerprint density at radius 2 is 1.50 bits per heavy atom. The van der Waals surface area contributed by atoms with Crippen molar-refractivity contribution in [2.45, 2.75) is 44.9 Å². The Morgan fingerprint density at radius 3 is 2.05 bits per heavy atom. The van der Waals surface area contributed by atoms with Crippen molar-refractivity contribution < 1.29 is 8.42 Å². The lowest BCUT2D eigenvalue weighted by Gasteiger charge is -2.19. The molecule has 0 amide bonds. The largest absolute Gasteiger partial charge is 0.280 e. The zero-order chi connectivity index (χ0) is 16.5. The van der Waals surface area contributed by atoms with Crippen molar-refractivity contribution >= 4 is 15.7 Å². The van der Waals surface area contributed by atoms with Gasteiger partial charge in [-0.3, -0.25) is 4.72 Å². The lowest BCUT2D eigenvalue weighted by atomic mass is 9.87. The average molecular weight is 317 g/mol. The lowest BCUT2D eigenvalue weighted by molar-refractivity contribution is 0.590. The fraction of sp³-hybridized carbons (Fsp3) is 0.333. The highest BCUT2D eigenvalue weighted by atomic mass is 32.2. The van der Waals surface area contributed by atoms with Gasteiger partial charge < -0.3 is 0 Å². The fourth-order valence-corrected chi connectivity index (χ4v) is 3.63. The van der Waals surface area contributed by atoms with Crippen LogP contribution in [-0.4, -0.2) is 8.42 Å². The molecule has 0 spiro atoms. The topological polar surface area (TPSA) is 46.2 Å². The van der Waals surface area contributed by atoms with E-state index in [4.69, 9.17) is 0 Å². The van der Waals surface area contributed by atoms with E-state index < -0.39 is 10.0 Å². The number of anilines is 1. The fourth-order valence-electron chi connectivity index (χ4n) is 2.25. The Kier molecular flexibility index (Phi) is 4.34. The number of aryl methyl sites for hydroxylation is 2.